The number of fused-ring (bicyclic) bond motifs is 1. The Bertz CT molecular complexity index is 1550. The molecule has 1 aliphatic rings. The summed E-state index contributed by atoms with van der Waals surface area (Å²) in [6.45, 7) is 0. The fourth-order valence-corrected chi connectivity index (χ4v) is 4.61. The predicted octanol–water partition coefficient (Wildman–Crippen LogP) is 6.91. The first kappa shape index (κ1) is 23.3. The summed E-state index contributed by atoms with van der Waals surface area (Å²) in [4.78, 5) is 33.0. The van der Waals surface area contributed by atoms with Gasteiger partial charge in [-0.15, -0.1) is 0 Å². The lowest BCUT2D eigenvalue weighted by Gasteiger charge is -2.11. The molecule has 36 heavy (non-hydrogen) atoms. The average Bonchev–Trinajstić information content (AvgIpc) is 3.17. The van der Waals surface area contributed by atoms with Gasteiger partial charge in [0, 0.05) is 35.0 Å². The third kappa shape index (κ3) is 4.46. The largest absolute Gasteiger partial charge is 0.506 e. The fraction of sp³-hybridized carbons (Fsp3) is 0.0357. The second-order valence-electron chi connectivity index (χ2n) is 8.15. The zero-order valence-corrected chi connectivity index (χ0v) is 20.3. The van der Waals surface area contributed by atoms with Crippen LogP contribution in [0.4, 0.5) is 17.1 Å². The number of carbonyl (C=O) groups is 1. The van der Waals surface area contributed by atoms with Crippen molar-refractivity contribution in [1.82, 2.24) is 0 Å². The Morgan fingerprint density at radius 1 is 0.889 bits per heavy atom. The fourth-order valence-electron chi connectivity index (χ4n) is 4.14. The van der Waals surface area contributed by atoms with Crippen LogP contribution in [0.1, 0.15) is 33.0 Å². The van der Waals surface area contributed by atoms with Gasteiger partial charge in [0.05, 0.1) is 32.4 Å². The maximum Gasteiger partial charge on any atom is 0.271 e. The van der Waals surface area contributed by atoms with Gasteiger partial charge in [-0.25, -0.2) is 0 Å². The first-order valence-electron chi connectivity index (χ1n) is 11.0. The van der Waals surface area contributed by atoms with Crippen molar-refractivity contribution in [2.75, 3.05) is 0 Å². The van der Waals surface area contributed by atoms with Crippen molar-refractivity contribution in [3.05, 3.63) is 128 Å². The van der Waals surface area contributed by atoms with Crippen molar-refractivity contribution in [3.8, 4) is 5.75 Å². The van der Waals surface area contributed by atoms with E-state index in [1.807, 2.05) is 54.6 Å². The van der Waals surface area contributed by atoms with Crippen molar-refractivity contribution in [1.29, 1.82) is 0 Å². The van der Waals surface area contributed by atoms with E-state index in [0.717, 1.165) is 11.1 Å². The number of Topliss-reactive ketones (excluding diaryl/α,β-unsaturated/α-hetero) is 1. The topological polar surface area (TPSA) is 105 Å². The molecule has 4 aromatic rings. The van der Waals surface area contributed by atoms with Crippen molar-refractivity contribution in [3.63, 3.8) is 0 Å². The van der Waals surface area contributed by atoms with E-state index in [4.69, 9.17) is 4.99 Å². The van der Waals surface area contributed by atoms with Gasteiger partial charge in [0.1, 0.15) is 5.75 Å². The molecule has 1 N–H and O–H groups in total. The van der Waals surface area contributed by atoms with Crippen LogP contribution in [0.25, 0.3) is 0 Å². The number of phenolic OH excluding ortho intramolecular Hbond substituents is 1. The zero-order chi connectivity index (χ0) is 25.2. The number of hydrogen-bond donors (Lipinski definition) is 1. The number of rotatable bonds is 5. The number of nitro benzene ring substituents is 1. The first-order chi connectivity index (χ1) is 17.4. The van der Waals surface area contributed by atoms with Crippen LogP contribution in [0.3, 0.4) is 0 Å². The molecule has 0 saturated carbocycles. The van der Waals surface area contributed by atoms with E-state index in [-0.39, 0.29) is 27.3 Å². The molecule has 0 unspecified atom stereocenters. The number of carbonyl (C=O) groups excluding carboxylic acids is 1. The second-order valence-corrected chi connectivity index (χ2v) is 9.00. The lowest BCUT2D eigenvalue weighted by Crippen LogP contribution is -2.13. The van der Waals surface area contributed by atoms with E-state index in [1.165, 1.54) is 18.3 Å². The van der Waals surface area contributed by atoms with Gasteiger partial charge >= 0.3 is 0 Å². The second kappa shape index (κ2) is 9.67. The number of aliphatic imine (C=N–C) groups is 2. The third-order valence-corrected chi connectivity index (χ3v) is 6.48. The minimum atomic E-state index is -0.538. The van der Waals surface area contributed by atoms with Crippen LogP contribution in [0, 0.1) is 10.1 Å². The monoisotopic (exact) mass is 539 g/mol. The molecule has 7 nitrogen and oxygen atoms in total. The highest BCUT2D eigenvalue weighted by Crippen LogP contribution is 2.36. The van der Waals surface area contributed by atoms with Crippen molar-refractivity contribution in [2.45, 2.75) is 5.92 Å². The number of benzene rings is 4. The van der Waals surface area contributed by atoms with Crippen LogP contribution in [-0.4, -0.2) is 27.7 Å². The maximum absolute atomic E-state index is 13.2. The number of ketones is 1. The van der Waals surface area contributed by atoms with Crippen LogP contribution in [0.5, 0.6) is 5.75 Å². The number of nitro groups is 1. The highest BCUT2D eigenvalue weighted by Gasteiger charge is 2.37. The molecule has 0 aliphatic heterocycles. The van der Waals surface area contributed by atoms with Crippen molar-refractivity contribution < 1.29 is 14.8 Å². The van der Waals surface area contributed by atoms with Crippen LogP contribution >= 0.6 is 15.9 Å². The molecule has 0 radical (unpaired) electrons. The van der Waals surface area contributed by atoms with Gasteiger partial charge in [-0.2, -0.15) is 0 Å². The van der Waals surface area contributed by atoms with Crippen molar-refractivity contribution in [2.24, 2.45) is 9.98 Å². The summed E-state index contributed by atoms with van der Waals surface area (Å²) >= 11 is 3.13. The Morgan fingerprint density at radius 2 is 1.53 bits per heavy atom. The molecular formula is C28H18BrN3O4. The zero-order valence-electron chi connectivity index (χ0n) is 18.7. The molecular weight excluding hydrogens is 522 g/mol. The smallest absolute Gasteiger partial charge is 0.271 e. The molecule has 0 bridgehead atoms. The SMILES string of the molecule is O=C1c2ccccc2C(=Nc2ccc(N=Cc3cc([N+](=O)[O-])cc(Br)c3O)cc2)[C@H]1c1ccccc1. The summed E-state index contributed by atoms with van der Waals surface area (Å²) in [5.74, 6) is -0.583. The van der Waals surface area contributed by atoms with Crippen LogP contribution in [0.2, 0.25) is 0 Å². The van der Waals surface area contributed by atoms with Gasteiger partial charge in [-0.05, 0) is 45.8 Å². The molecule has 5 rings (SSSR count). The Balaban J connectivity index is 1.47. The van der Waals surface area contributed by atoms with E-state index >= 15 is 0 Å². The maximum atomic E-state index is 13.2. The van der Waals surface area contributed by atoms with E-state index < -0.39 is 10.8 Å². The Labute approximate surface area is 214 Å². The van der Waals surface area contributed by atoms with Gasteiger partial charge in [0.25, 0.3) is 5.69 Å². The predicted molar refractivity (Wildman–Crippen MR) is 142 cm³/mol. The molecule has 176 valence electrons. The summed E-state index contributed by atoms with van der Waals surface area (Å²) in [5.41, 5.74) is 4.36. The number of halogens is 1. The summed E-state index contributed by atoms with van der Waals surface area (Å²) in [5, 5.41) is 21.3. The standard InChI is InChI=1S/C28H18BrN3O4/c29-24-15-21(32(35)36)14-18(27(24)33)16-30-19-10-12-20(13-11-19)31-26-22-8-4-5-9-23(22)28(34)25(26)17-6-2-1-3-7-17/h1-16,25,33H/t25-/m1/s1. The molecule has 0 heterocycles. The minimum Gasteiger partial charge on any atom is -0.506 e. The van der Waals surface area contributed by atoms with E-state index in [0.29, 0.717) is 22.6 Å². The summed E-state index contributed by atoms with van der Waals surface area (Å²) < 4.78 is 0.212. The third-order valence-electron chi connectivity index (χ3n) is 5.88. The van der Waals surface area contributed by atoms with Gasteiger partial charge in [-0.3, -0.25) is 24.9 Å². The van der Waals surface area contributed by atoms with Crippen LogP contribution in [0.15, 0.2) is 105 Å². The molecule has 8 heteroatoms. The molecule has 0 saturated heterocycles. The van der Waals surface area contributed by atoms with E-state index in [9.17, 15) is 20.0 Å². The quantitative estimate of drug-likeness (QED) is 0.169. The first-order valence-corrected chi connectivity index (χ1v) is 11.8. The number of non-ortho nitro benzene ring substituents is 1. The summed E-state index contributed by atoms with van der Waals surface area (Å²) in [7, 11) is 0. The Hall–Kier alpha value is -4.43. The number of hydrogen-bond acceptors (Lipinski definition) is 6. The molecule has 0 spiro atoms. The van der Waals surface area contributed by atoms with Crippen LogP contribution in [-0.2, 0) is 0 Å². The van der Waals surface area contributed by atoms with Crippen LogP contribution < -0.4 is 0 Å². The minimum absolute atomic E-state index is 0.0275. The number of nitrogens with zero attached hydrogens (tertiary/aromatic N) is 3. The summed E-state index contributed by atoms with van der Waals surface area (Å²) in [6, 6.07) is 26.7. The lowest BCUT2D eigenvalue weighted by molar-refractivity contribution is -0.385. The Morgan fingerprint density at radius 3 is 2.22 bits per heavy atom. The van der Waals surface area contributed by atoms with Gasteiger partial charge in [0.15, 0.2) is 5.78 Å². The van der Waals surface area contributed by atoms with Gasteiger partial charge < -0.3 is 5.11 Å². The molecule has 1 aliphatic carbocycles. The number of aromatic hydroxyl groups is 1. The highest BCUT2D eigenvalue weighted by atomic mass is 79.9. The van der Waals surface area contributed by atoms with E-state index in [1.54, 1.807) is 24.3 Å². The van der Waals surface area contributed by atoms with E-state index in [2.05, 4.69) is 20.9 Å². The van der Waals surface area contributed by atoms with Crippen molar-refractivity contribution >= 4 is 50.7 Å². The average molecular weight is 540 g/mol. The molecule has 0 amide bonds. The van der Waals surface area contributed by atoms with Gasteiger partial charge in [0.2, 0.25) is 0 Å². The van der Waals surface area contributed by atoms with Gasteiger partial charge in [-0.1, -0.05) is 54.6 Å². The highest BCUT2D eigenvalue weighted by molar-refractivity contribution is 9.10. The molecule has 1 atom stereocenters. The Kier molecular flexibility index (Phi) is 6.26. The number of phenols is 1. The molecule has 0 aromatic heterocycles. The lowest BCUT2D eigenvalue weighted by atomic mass is 9.93. The normalized spacial score (nSPS) is 16.0. The molecule has 0 fully saturated rings. The summed E-state index contributed by atoms with van der Waals surface area (Å²) in [6.07, 6.45) is 1.37. The molecule has 4 aromatic carbocycles.